The molecule has 7 nitrogen and oxygen atoms in total. The molecule has 0 aliphatic heterocycles. The van der Waals surface area contributed by atoms with Gasteiger partial charge in [-0.2, -0.15) is 13.9 Å². The van der Waals surface area contributed by atoms with Crippen molar-refractivity contribution >= 4 is 18.1 Å². The fourth-order valence-corrected chi connectivity index (χ4v) is 4.34. The quantitative estimate of drug-likeness (QED) is 0.706. The minimum atomic E-state index is -4.17. The van der Waals surface area contributed by atoms with Gasteiger partial charge in [-0.15, -0.1) is 0 Å². The van der Waals surface area contributed by atoms with Crippen LogP contribution in [0, 0.1) is 11.8 Å². The van der Waals surface area contributed by atoms with Crippen LogP contribution in [0.15, 0.2) is 0 Å². The Labute approximate surface area is 136 Å². The number of fused-ring (bicyclic) bond motifs is 1. The minimum Gasteiger partial charge on any atom is -0.477 e. The van der Waals surface area contributed by atoms with Crippen molar-refractivity contribution in [3.05, 3.63) is 11.3 Å². The van der Waals surface area contributed by atoms with Crippen LogP contribution in [0.4, 0.5) is 14.6 Å². The van der Waals surface area contributed by atoms with E-state index in [1.165, 1.54) is 4.68 Å². The molecule has 0 bridgehead atoms. The van der Waals surface area contributed by atoms with E-state index in [1.807, 2.05) is 0 Å². The lowest BCUT2D eigenvalue weighted by Gasteiger charge is -2.30. The average molecular weight is 343 g/mol. The lowest BCUT2D eigenvalue weighted by Crippen LogP contribution is -2.52. The van der Waals surface area contributed by atoms with Gasteiger partial charge < -0.3 is 15.9 Å². The lowest BCUT2D eigenvalue weighted by atomic mass is 9.87. The number of hydrogen-bond acceptors (Lipinski definition) is 5. The third kappa shape index (κ3) is 2.21. The van der Waals surface area contributed by atoms with E-state index in [0.29, 0.717) is 30.4 Å². The summed E-state index contributed by atoms with van der Waals surface area (Å²) in [6, 6.07) is 0. The molecule has 4 N–H and O–H groups in total. The first-order valence-corrected chi connectivity index (χ1v) is 7.72. The van der Waals surface area contributed by atoms with E-state index >= 15 is 0 Å². The molecule has 9 heteroatoms. The Morgan fingerprint density at radius 1 is 1.42 bits per heavy atom. The maximum absolute atomic E-state index is 13.8. The van der Waals surface area contributed by atoms with Gasteiger partial charge in [0.05, 0.1) is 11.3 Å². The average Bonchev–Trinajstić information content (AvgIpc) is 3.10. The highest BCUT2D eigenvalue weighted by atomic mass is 19.3. The molecule has 2 atom stereocenters. The van der Waals surface area contributed by atoms with Crippen molar-refractivity contribution in [3.63, 3.8) is 0 Å². The van der Waals surface area contributed by atoms with Gasteiger partial charge in [0.25, 0.3) is 0 Å². The zero-order valence-electron chi connectivity index (χ0n) is 13.1. The molecule has 2 aliphatic carbocycles. The molecule has 2 fully saturated rings. The maximum Gasteiger partial charge on any atom is 0.377 e. The number of carbonyl (C=O) groups excluding carboxylic acids is 1. The highest BCUT2D eigenvalue weighted by molar-refractivity contribution is 5.84. The number of aryl methyl sites for hydroxylation is 1. The summed E-state index contributed by atoms with van der Waals surface area (Å²) >= 11 is 0. The molecule has 3 rings (SSSR count). The van der Waals surface area contributed by atoms with Gasteiger partial charge in [-0.05, 0) is 37.5 Å². The molecule has 132 valence electrons. The molecule has 0 aromatic carbocycles. The summed E-state index contributed by atoms with van der Waals surface area (Å²) in [5, 5.41) is 23.1. The molecule has 0 amide bonds. The molecule has 24 heavy (non-hydrogen) atoms. The van der Waals surface area contributed by atoms with Crippen LogP contribution in [0.3, 0.4) is 0 Å². The van der Waals surface area contributed by atoms with Crippen LogP contribution in [0.5, 0.6) is 0 Å². The lowest BCUT2D eigenvalue weighted by molar-refractivity contribution is -0.208. The van der Waals surface area contributed by atoms with Gasteiger partial charge in [0, 0.05) is 13.0 Å². The minimum absolute atomic E-state index is 0.105. The van der Waals surface area contributed by atoms with Crippen LogP contribution >= 0.6 is 0 Å². The second-order valence-electron chi connectivity index (χ2n) is 6.93. The number of aliphatic carboxylic acids is 1. The third-order valence-electron chi connectivity index (χ3n) is 5.56. The number of hydrogen-bond donors (Lipinski definition) is 3. The van der Waals surface area contributed by atoms with E-state index in [1.54, 1.807) is 7.05 Å². The number of aldehydes is 1. The molecule has 1 aromatic rings. The zero-order chi connectivity index (χ0) is 17.9. The number of halogens is 2. The van der Waals surface area contributed by atoms with Crippen LogP contribution in [-0.2, 0) is 11.8 Å². The van der Waals surface area contributed by atoms with Gasteiger partial charge in [0.1, 0.15) is 11.4 Å². The summed E-state index contributed by atoms with van der Waals surface area (Å²) in [5.41, 5.74) is 4.14. The first-order chi connectivity index (χ1) is 11.1. The molecule has 2 aliphatic rings. The number of anilines is 1. The van der Waals surface area contributed by atoms with Gasteiger partial charge in [0.2, 0.25) is 0 Å². The van der Waals surface area contributed by atoms with Gasteiger partial charge in [-0.25, -0.2) is 4.79 Å². The van der Waals surface area contributed by atoms with Crippen molar-refractivity contribution in [2.75, 3.05) is 5.73 Å². The normalized spacial score (nSPS) is 32.8. The second kappa shape index (κ2) is 5.23. The molecular formula is C15H19F2N3O4. The number of nitrogens with zero attached hydrogens (tertiary/aromatic N) is 2. The zero-order valence-corrected chi connectivity index (χ0v) is 13.1. The Kier molecular flexibility index (Phi) is 3.67. The molecule has 1 heterocycles. The first kappa shape index (κ1) is 16.8. The van der Waals surface area contributed by atoms with Crippen molar-refractivity contribution < 1.29 is 28.6 Å². The van der Waals surface area contributed by atoms with Crippen molar-refractivity contribution in [1.29, 1.82) is 0 Å². The van der Waals surface area contributed by atoms with Gasteiger partial charge in [-0.3, -0.25) is 9.48 Å². The van der Waals surface area contributed by atoms with Crippen LogP contribution in [0.1, 0.15) is 47.7 Å². The van der Waals surface area contributed by atoms with E-state index in [9.17, 15) is 23.5 Å². The Morgan fingerprint density at radius 2 is 1.96 bits per heavy atom. The fraction of sp³-hybridized carbons (Fsp3) is 0.667. The van der Waals surface area contributed by atoms with Crippen molar-refractivity contribution in [2.24, 2.45) is 18.9 Å². The Balaban J connectivity index is 1.80. The van der Waals surface area contributed by atoms with Crippen LogP contribution in [0.2, 0.25) is 0 Å². The second-order valence-corrected chi connectivity index (χ2v) is 6.93. The van der Waals surface area contributed by atoms with E-state index < -0.39 is 17.5 Å². The number of nitrogen functional groups attached to an aromatic ring is 1. The van der Waals surface area contributed by atoms with Crippen LogP contribution < -0.4 is 5.73 Å². The molecule has 1 aromatic heterocycles. The molecule has 0 saturated heterocycles. The summed E-state index contributed by atoms with van der Waals surface area (Å²) in [6.45, 7) is 0. The number of carboxylic acid groups (broad SMARTS) is 1. The monoisotopic (exact) mass is 343 g/mol. The predicted molar refractivity (Wildman–Crippen MR) is 78.7 cm³/mol. The largest absolute Gasteiger partial charge is 0.477 e. The number of aromatic nitrogens is 2. The van der Waals surface area contributed by atoms with Crippen LogP contribution in [0.25, 0.3) is 0 Å². The van der Waals surface area contributed by atoms with Gasteiger partial charge in [0.15, 0.2) is 6.29 Å². The Bertz CT molecular complexity index is 689. The molecule has 0 radical (unpaired) electrons. The number of carbonyl (C=O) groups is 2. The van der Waals surface area contributed by atoms with Crippen molar-refractivity contribution in [3.8, 4) is 0 Å². The fourth-order valence-electron chi connectivity index (χ4n) is 4.34. The molecule has 2 unspecified atom stereocenters. The number of alkyl halides is 2. The summed E-state index contributed by atoms with van der Waals surface area (Å²) < 4.78 is 29.0. The first-order valence-electron chi connectivity index (χ1n) is 7.72. The van der Waals surface area contributed by atoms with E-state index in [2.05, 4.69) is 5.10 Å². The SMILES string of the molecule is Cn1nc(C2CC3CC(O)(C(F)(F)C(=O)O)CC3C2)c(C=O)c1N. The van der Waals surface area contributed by atoms with Crippen molar-refractivity contribution in [2.45, 2.75) is 43.1 Å². The van der Waals surface area contributed by atoms with E-state index in [-0.39, 0.29) is 36.4 Å². The highest BCUT2D eigenvalue weighted by Crippen LogP contribution is 2.57. The molecule has 0 spiro atoms. The highest BCUT2D eigenvalue weighted by Gasteiger charge is 2.65. The van der Waals surface area contributed by atoms with Crippen LogP contribution in [-0.4, -0.2) is 43.8 Å². The number of aliphatic hydroxyl groups is 1. The third-order valence-corrected chi connectivity index (χ3v) is 5.56. The smallest absolute Gasteiger partial charge is 0.377 e. The van der Waals surface area contributed by atoms with E-state index in [4.69, 9.17) is 10.8 Å². The summed E-state index contributed by atoms with van der Waals surface area (Å²) in [5.74, 6) is -6.78. The number of carboxylic acids is 1. The number of nitrogens with two attached hydrogens (primary N) is 1. The van der Waals surface area contributed by atoms with Gasteiger partial charge in [-0.1, -0.05) is 0 Å². The van der Waals surface area contributed by atoms with Gasteiger partial charge >= 0.3 is 11.9 Å². The number of rotatable bonds is 4. The maximum atomic E-state index is 13.8. The Hall–Kier alpha value is -2.03. The standard InChI is InChI=1S/C15H19F2N3O4/c1-20-12(18)10(6-21)11(19-20)7-2-8-4-14(24,5-9(8)3-7)15(16,17)13(22)23/h6-9,24H,2-5,18H2,1H3,(H,22,23). The summed E-state index contributed by atoms with van der Waals surface area (Å²) in [7, 11) is 1.62. The van der Waals surface area contributed by atoms with E-state index in [0.717, 1.165) is 0 Å². The topological polar surface area (TPSA) is 118 Å². The molecular weight excluding hydrogens is 324 g/mol. The predicted octanol–water partition coefficient (Wildman–Crippen LogP) is 1.17. The summed E-state index contributed by atoms with van der Waals surface area (Å²) in [4.78, 5) is 22.0. The Morgan fingerprint density at radius 3 is 2.42 bits per heavy atom. The summed E-state index contributed by atoms with van der Waals surface area (Å²) in [6.07, 6.45) is 1.04. The van der Waals surface area contributed by atoms with Crippen molar-refractivity contribution in [1.82, 2.24) is 9.78 Å². The molecule has 2 saturated carbocycles.